The highest BCUT2D eigenvalue weighted by Gasteiger charge is 2.33. The molecule has 0 aromatic carbocycles. The van der Waals surface area contributed by atoms with Crippen LogP contribution in [0.1, 0.15) is 43.0 Å². The number of carbonyl (C=O) groups excluding carboxylic acids is 2. The zero-order valence-electron chi connectivity index (χ0n) is 17.0. The molecule has 7 nitrogen and oxygen atoms in total. The average Bonchev–Trinajstić information content (AvgIpc) is 3.31. The molecule has 3 aromatic rings. The lowest BCUT2D eigenvalue weighted by Crippen LogP contribution is -2.19. The highest BCUT2D eigenvalue weighted by Crippen LogP contribution is 2.36. The number of alkyl halides is 3. The SMILES string of the molecule is FC(F)(F)c1cnc(-c2ccc(C3CCC(COc4ccncc4)CC3)nc2)[nH]1.O=C=O. The lowest BCUT2D eigenvalue weighted by atomic mass is 9.80. The van der Waals surface area contributed by atoms with Crippen LogP contribution in [0.3, 0.4) is 0 Å². The number of nitrogens with one attached hydrogen (secondary N) is 1. The van der Waals surface area contributed by atoms with Crippen LogP contribution in [0.25, 0.3) is 11.4 Å². The molecule has 0 unspecified atom stereocenters. The number of halogens is 3. The first-order chi connectivity index (χ1) is 15.4. The number of aromatic nitrogens is 4. The lowest BCUT2D eigenvalue weighted by molar-refractivity contribution is -0.191. The van der Waals surface area contributed by atoms with Gasteiger partial charge in [0, 0.05) is 35.8 Å². The number of nitrogens with zero attached hydrogens (tertiary/aromatic N) is 3. The molecule has 0 amide bonds. The molecule has 0 radical (unpaired) electrons. The third-order valence-electron chi connectivity index (χ3n) is 5.34. The van der Waals surface area contributed by atoms with E-state index in [9.17, 15) is 13.2 Å². The minimum Gasteiger partial charge on any atom is -0.493 e. The molecule has 32 heavy (non-hydrogen) atoms. The molecular formula is C22H21F3N4O3. The first kappa shape index (κ1) is 23.1. The summed E-state index contributed by atoms with van der Waals surface area (Å²) < 4.78 is 44.0. The first-order valence-electron chi connectivity index (χ1n) is 10.0. The van der Waals surface area contributed by atoms with E-state index in [1.54, 1.807) is 24.7 Å². The number of imidazole rings is 1. The van der Waals surface area contributed by atoms with Crippen molar-refractivity contribution in [3.8, 4) is 17.1 Å². The summed E-state index contributed by atoms with van der Waals surface area (Å²) in [5.41, 5.74) is 0.664. The molecule has 1 aliphatic carbocycles. The van der Waals surface area contributed by atoms with Gasteiger partial charge < -0.3 is 9.72 Å². The van der Waals surface area contributed by atoms with Crippen molar-refractivity contribution in [1.29, 1.82) is 0 Å². The molecule has 1 saturated carbocycles. The van der Waals surface area contributed by atoms with Crippen molar-refractivity contribution in [2.24, 2.45) is 5.92 Å². The summed E-state index contributed by atoms with van der Waals surface area (Å²) in [6.45, 7) is 0.698. The van der Waals surface area contributed by atoms with Crippen LogP contribution in [0.4, 0.5) is 13.2 Å². The molecule has 1 fully saturated rings. The van der Waals surface area contributed by atoms with E-state index in [4.69, 9.17) is 14.3 Å². The molecule has 1 N–H and O–H groups in total. The van der Waals surface area contributed by atoms with Crippen LogP contribution in [-0.2, 0) is 15.8 Å². The Balaban J connectivity index is 0.000000913. The van der Waals surface area contributed by atoms with E-state index in [0.717, 1.165) is 43.3 Å². The Morgan fingerprint density at radius 3 is 2.25 bits per heavy atom. The lowest BCUT2D eigenvalue weighted by Gasteiger charge is -2.28. The first-order valence-corrected chi connectivity index (χ1v) is 10.0. The summed E-state index contributed by atoms with van der Waals surface area (Å²) in [7, 11) is 0. The fourth-order valence-corrected chi connectivity index (χ4v) is 3.67. The molecule has 10 heteroatoms. The zero-order chi connectivity index (χ0) is 23.0. The molecule has 0 saturated heterocycles. The summed E-state index contributed by atoms with van der Waals surface area (Å²) in [6.07, 6.45) is 5.82. The summed E-state index contributed by atoms with van der Waals surface area (Å²) >= 11 is 0. The van der Waals surface area contributed by atoms with Gasteiger partial charge in [0.2, 0.25) is 0 Å². The second kappa shape index (κ2) is 10.7. The Morgan fingerprint density at radius 1 is 1.00 bits per heavy atom. The molecular weight excluding hydrogens is 425 g/mol. The molecule has 168 valence electrons. The predicted molar refractivity (Wildman–Crippen MR) is 106 cm³/mol. The Labute approximate surface area is 182 Å². The average molecular weight is 446 g/mol. The van der Waals surface area contributed by atoms with Crippen LogP contribution in [0.15, 0.2) is 49.1 Å². The maximum Gasteiger partial charge on any atom is 0.432 e. The van der Waals surface area contributed by atoms with Crippen molar-refractivity contribution in [1.82, 2.24) is 19.9 Å². The third kappa shape index (κ3) is 6.24. The normalized spacial score (nSPS) is 18.2. The Kier molecular flexibility index (Phi) is 7.72. The molecule has 0 spiro atoms. The van der Waals surface area contributed by atoms with Crippen LogP contribution in [-0.4, -0.2) is 32.7 Å². The van der Waals surface area contributed by atoms with Crippen molar-refractivity contribution >= 4 is 6.15 Å². The van der Waals surface area contributed by atoms with E-state index < -0.39 is 11.9 Å². The standard InChI is InChI=1S/C21H21F3N4O.CO2/c22-21(23,24)19-12-27-20(28-19)16-5-6-18(26-11-16)15-3-1-14(2-4-15)13-29-17-7-9-25-10-8-17;2-1-3/h5-12,14-15H,1-4,13H2,(H,27,28);. The maximum absolute atomic E-state index is 12.7. The Morgan fingerprint density at radius 2 is 1.69 bits per heavy atom. The smallest absolute Gasteiger partial charge is 0.432 e. The van der Waals surface area contributed by atoms with Crippen LogP contribution in [0.5, 0.6) is 5.75 Å². The number of aromatic amines is 1. The van der Waals surface area contributed by atoms with Crippen molar-refractivity contribution in [2.45, 2.75) is 37.8 Å². The third-order valence-corrected chi connectivity index (χ3v) is 5.34. The highest BCUT2D eigenvalue weighted by molar-refractivity contribution is 5.54. The Bertz CT molecular complexity index is 1010. The monoisotopic (exact) mass is 446 g/mol. The fourth-order valence-electron chi connectivity index (χ4n) is 3.67. The van der Waals surface area contributed by atoms with Gasteiger partial charge in [-0.2, -0.15) is 22.8 Å². The van der Waals surface area contributed by atoms with Crippen LogP contribution >= 0.6 is 0 Å². The summed E-state index contributed by atoms with van der Waals surface area (Å²) in [5, 5.41) is 0. The van der Waals surface area contributed by atoms with Gasteiger partial charge in [0.25, 0.3) is 0 Å². The number of hydrogen-bond acceptors (Lipinski definition) is 6. The molecule has 0 bridgehead atoms. The van der Waals surface area contributed by atoms with Gasteiger partial charge in [0.15, 0.2) is 0 Å². The predicted octanol–water partition coefficient (Wildman–Crippen LogP) is 4.65. The number of H-pyrrole nitrogens is 1. The zero-order valence-corrected chi connectivity index (χ0v) is 17.0. The van der Waals surface area contributed by atoms with Crippen LogP contribution < -0.4 is 4.74 Å². The minimum absolute atomic E-state index is 0.174. The van der Waals surface area contributed by atoms with Gasteiger partial charge in [0.1, 0.15) is 17.3 Å². The quantitative estimate of drug-likeness (QED) is 0.613. The highest BCUT2D eigenvalue weighted by atomic mass is 19.4. The maximum atomic E-state index is 12.7. The van der Waals surface area contributed by atoms with Gasteiger partial charge in [0.05, 0.1) is 12.8 Å². The van der Waals surface area contributed by atoms with Gasteiger partial charge in [-0.25, -0.2) is 4.98 Å². The molecule has 0 atom stereocenters. The molecule has 1 aliphatic rings. The van der Waals surface area contributed by atoms with Crippen molar-refractivity contribution in [2.75, 3.05) is 6.61 Å². The fraction of sp³-hybridized carbons (Fsp3) is 0.364. The summed E-state index contributed by atoms with van der Waals surface area (Å²) in [5.74, 6) is 1.89. The van der Waals surface area contributed by atoms with Crippen molar-refractivity contribution in [3.05, 3.63) is 60.4 Å². The van der Waals surface area contributed by atoms with E-state index in [1.165, 1.54) is 0 Å². The minimum atomic E-state index is -4.43. The number of pyridine rings is 2. The number of ether oxygens (including phenoxy) is 1. The topological polar surface area (TPSA) is 97.8 Å². The van der Waals surface area contributed by atoms with Crippen molar-refractivity contribution in [3.63, 3.8) is 0 Å². The molecule has 0 aliphatic heterocycles. The van der Waals surface area contributed by atoms with Gasteiger partial charge >= 0.3 is 12.3 Å². The number of rotatable bonds is 5. The largest absolute Gasteiger partial charge is 0.493 e. The van der Waals surface area contributed by atoms with E-state index in [1.807, 2.05) is 18.2 Å². The summed E-state index contributed by atoms with van der Waals surface area (Å²) in [6, 6.07) is 7.38. The second-order valence-corrected chi connectivity index (χ2v) is 7.41. The molecule has 4 rings (SSSR count). The van der Waals surface area contributed by atoms with E-state index >= 15 is 0 Å². The van der Waals surface area contributed by atoms with Gasteiger partial charge in [-0.15, -0.1) is 0 Å². The van der Waals surface area contributed by atoms with Crippen LogP contribution in [0, 0.1) is 5.92 Å². The summed E-state index contributed by atoms with van der Waals surface area (Å²) in [4.78, 5) is 30.8. The molecule has 3 aromatic heterocycles. The second-order valence-electron chi connectivity index (χ2n) is 7.41. The van der Waals surface area contributed by atoms with Crippen molar-refractivity contribution < 1.29 is 27.5 Å². The van der Waals surface area contributed by atoms with Gasteiger partial charge in [-0.05, 0) is 55.9 Å². The van der Waals surface area contributed by atoms with Crippen LogP contribution in [0.2, 0.25) is 0 Å². The Hall–Kier alpha value is -3.52. The van der Waals surface area contributed by atoms with E-state index in [-0.39, 0.29) is 12.0 Å². The number of hydrogen-bond donors (Lipinski definition) is 1. The van der Waals surface area contributed by atoms with Gasteiger partial charge in [-0.1, -0.05) is 0 Å². The van der Waals surface area contributed by atoms with E-state index in [2.05, 4.69) is 19.9 Å². The molecule has 3 heterocycles. The van der Waals surface area contributed by atoms with Gasteiger partial charge in [-0.3, -0.25) is 9.97 Å². The van der Waals surface area contributed by atoms with E-state index in [0.29, 0.717) is 24.0 Å².